The van der Waals surface area contributed by atoms with Gasteiger partial charge in [-0.3, -0.25) is 9.89 Å². The fourth-order valence-electron chi connectivity index (χ4n) is 3.50. The second kappa shape index (κ2) is 9.29. The molecule has 1 fully saturated rings. The van der Waals surface area contributed by atoms with Crippen molar-refractivity contribution in [2.24, 2.45) is 0 Å². The van der Waals surface area contributed by atoms with Crippen LogP contribution >= 0.6 is 0 Å². The third kappa shape index (κ3) is 5.19. The molecule has 0 atom stereocenters. The number of amides is 3. The highest BCUT2D eigenvalue weighted by Crippen LogP contribution is 2.19. The number of hydrogen-bond donors (Lipinski definition) is 3. The van der Waals surface area contributed by atoms with Crippen LogP contribution < -0.4 is 15.5 Å². The molecule has 0 bridgehead atoms. The second-order valence-electron chi connectivity index (χ2n) is 7.34. The van der Waals surface area contributed by atoms with Gasteiger partial charge in [-0.1, -0.05) is 30.3 Å². The van der Waals surface area contributed by atoms with Crippen molar-refractivity contribution in [3.05, 3.63) is 60.4 Å². The van der Waals surface area contributed by atoms with E-state index in [9.17, 15) is 9.59 Å². The number of carbonyl (C=O) groups excluding carboxylic acids is 2. The van der Waals surface area contributed by atoms with Crippen LogP contribution in [0.2, 0.25) is 0 Å². The van der Waals surface area contributed by atoms with Crippen LogP contribution in [-0.2, 0) is 4.79 Å². The Bertz CT molecular complexity index is 1040. The number of para-hydroxylation sites is 1. The van der Waals surface area contributed by atoms with E-state index in [0.29, 0.717) is 30.4 Å². The second-order valence-corrected chi connectivity index (χ2v) is 7.34. The lowest BCUT2D eigenvalue weighted by Gasteiger charge is -2.36. The number of benzene rings is 2. The van der Waals surface area contributed by atoms with Crippen molar-refractivity contribution >= 4 is 23.3 Å². The molecule has 1 saturated heterocycles. The zero-order valence-corrected chi connectivity index (χ0v) is 17.3. The standard InChI is InChI=1S/C22H25N7O2/c1-16-24-21(27-26-16)17-6-5-7-18(14-17)25-22(31)23-15-20(30)29-12-10-28(11-13-29)19-8-3-2-4-9-19/h2-9,14H,10-13,15H2,1H3,(H2,23,25,31)(H,24,26,27). The summed E-state index contributed by atoms with van der Waals surface area (Å²) >= 11 is 0. The molecule has 0 aliphatic carbocycles. The van der Waals surface area contributed by atoms with Crippen molar-refractivity contribution in [3.8, 4) is 11.4 Å². The number of H-pyrrole nitrogens is 1. The van der Waals surface area contributed by atoms with Crippen LogP contribution in [0.4, 0.5) is 16.2 Å². The van der Waals surface area contributed by atoms with E-state index < -0.39 is 6.03 Å². The zero-order valence-electron chi connectivity index (χ0n) is 17.3. The number of aromatic amines is 1. The molecule has 160 valence electrons. The van der Waals surface area contributed by atoms with Gasteiger partial charge in [0.2, 0.25) is 5.91 Å². The Hall–Kier alpha value is -3.88. The first-order chi connectivity index (χ1) is 15.1. The lowest BCUT2D eigenvalue weighted by atomic mass is 10.2. The molecular weight excluding hydrogens is 394 g/mol. The summed E-state index contributed by atoms with van der Waals surface area (Å²) in [5.74, 6) is 1.19. The highest BCUT2D eigenvalue weighted by molar-refractivity contribution is 5.92. The number of urea groups is 1. The quantitative estimate of drug-likeness (QED) is 0.588. The largest absolute Gasteiger partial charge is 0.368 e. The highest BCUT2D eigenvalue weighted by Gasteiger charge is 2.21. The fourth-order valence-corrected chi connectivity index (χ4v) is 3.50. The maximum absolute atomic E-state index is 12.5. The van der Waals surface area contributed by atoms with Gasteiger partial charge in [-0.15, -0.1) is 0 Å². The van der Waals surface area contributed by atoms with E-state index in [4.69, 9.17) is 0 Å². The Balaban J connectivity index is 1.24. The van der Waals surface area contributed by atoms with Crippen molar-refractivity contribution in [1.82, 2.24) is 25.4 Å². The molecule has 0 radical (unpaired) electrons. The van der Waals surface area contributed by atoms with Gasteiger partial charge < -0.3 is 20.4 Å². The summed E-state index contributed by atoms with van der Waals surface area (Å²) in [6, 6.07) is 17.0. The molecule has 1 aromatic heterocycles. The molecule has 1 aliphatic rings. The van der Waals surface area contributed by atoms with Crippen molar-refractivity contribution in [2.45, 2.75) is 6.92 Å². The Labute approximate surface area is 180 Å². The monoisotopic (exact) mass is 419 g/mol. The Kier molecular flexibility index (Phi) is 6.11. The summed E-state index contributed by atoms with van der Waals surface area (Å²) in [4.78, 5) is 33.1. The van der Waals surface area contributed by atoms with Gasteiger partial charge in [-0.2, -0.15) is 5.10 Å². The smallest absolute Gasteiger partial charge is 0.319 e. The molecule has 3 amide bonds. The van der Waals surface area contributed by atoms with Crippen molar-refractivity contribution in [2.75, 3.05) is 42.9 Å². The molecule has 2 heterocycles. The maximum Gasteiger partial charge on any atom is 0.319 e. The first kappa shape index (κ1) is 20.4. The first-order valence-corrected chi connectivity index (χ1v) is 10.2. The van der Waals surface area contributed by atoms with E-state index in [1.54, 1.807) is 17.0 Å². The SMILES string of the molecule is Cc1nc(-c2cccc(NC(=O)NCC(=O)N3CCN(c4ccccc4)CC3)c2)n[nH]1. The molecule has 0 unspecified atom stereocenters. The lowest BCUT2D eigenvalue weighted by Crippen LogP contribution is -2.51. The van der Waals surface area contributed by atoms with E-state index in [0.717, 1.165) is 24.3 Å². The van der Waals surface area contributed by atoms with Gasteiger partial charge >= 0.3 is 6.03 Å². The number of anilines is 2. The van der Waals surface area contributed by atoms with Crippen LogP contribution in [0.5, 0.6) is 0 Å². The Morgan fingerprint density at radius 3 is 2.52 bits per heavy atom. The minimum atomic E-state index is -0.431. The van der Waals surface area contributed by atoms with Gasteiger partial charge in [-0.25, -0.2) is 9.78 Å². The number of hydrogen-bond acceptors (Lipinski definition) is 5. The number of carbonyl (C=O) groups is 2. The Morgan fingerprint density at radius 1 is 1.03 bits per heavy atom. The molecule has 2 aromatic carbocycles. The number of aryl methyl sites for hydroxylation is 1. The number of rotatable bonds is 5. The Morgan fingerprint density at radius 2 is 1.81 bits per heavy atom. The molecule has 1 aliphatic heterocycles. The van der Waals surface area contributed by atoms with Gasteiger partial charge in [0.1, 0.15) is 5.82 Å². The summed E-state index contributed by atoms with van der Waals surface area (Å²) in [6.45, 7) is 4.59. The first-order valence-electron chi connectivity index (χ1n) is 10.2. The average molecular weight is 419 g/mol. The van der Waals surface area contributed by atoms with Crippen LogP contribution in [0.3, 0.4) is 0 Å². The van der Waals surface area contributed by atoms with Crippen LogP contribution in [0.15, 0.2) is 54.6 Å². The molecule has 9 heteroatoms. The topological polar surface area (TPSA) is 106 Å². The molecule has 31 heavy (non-hydrogen) atoms. The van der Waals surface area contributed by atoms with Crippen LogP contribution in [0.25, 0.3) is 11.4 Å². The summed E-state index contributed by atoms with van der Waals surface area (Å²) in [5.41, 5.74) is 2.55. The van der Waals surface area contributed by atoms with Gasteiger partial charge in [0.05, 0.1) is 6.54 Å². The van der Waals surface area contributed by atoms with Crippen molar-refractivity contribution < 1.29 is 9.59 Å². The van der Waals surface area contributed by atoms with E-state index in [-0.39, 0.29) is 12.5 Å². The van der Waals surface area contributed by atoms with E-state index >= 15 is 0 Å². The predicted molar refractivity (Wildman–Crippen MR) is 119 cm³/mol. The van der Waals surface area contributed by atoms with Crippen molar-refractivity contribution in [1.29, 1.82) is 0 Å². The summed E-state index contributed by atoms with van der Waals surface area (Å²) in [7, 11) is 0. The molecular formula is C22H25N7O2. The fraction of sp³-hybridized carbons (Fsp3) is 0.273. The number of nitrogens with one attached hydrogen (secondary N) is 3. The predicted octanol–water partition coefficient (Wildman–Crippen LogP) is 2.25. The lowest BCUT2D eigenvalue weighted by molar-refractivity contribution is -0.130. The summed E-state index contributed by atoms with van der Waals surface area (Å²) in [5, 5.41) is 12.3. The molecule has 3 aromatic rings. The molecule has 4 rings (SSSR count). The number of piperazine rings is 1. The third-order valence-corrected chi connectivity index (χ3v) is 5.13. The van der Waals surface area contributed by atoms with Crippen LogP contribution in [0.1, 0.15) is 5.82 Å². The number of nitrogens with zero attached hydrogens (tertiary/aromatic N) is 4. The number of aromatic nitrogens is 3. The molecule has 9 nitrogen and oxygen atoms in total. The molecule has 3 N–H and O–H groups in total. The van der Waals surface area contributed by atoms with Gasteiger partial charge in [0.15, 0.2) is 5.82 Å². The summed E-state index contributed by atoms with van der Waals surface area (Å²) in [6.07, 6.45) is 0. The average Bonchev–Trinajstić information content (AvgIpc) is 3.25. The van der Waals surface area contributed by atoms with E-state index in [2.05, 4.69) is 42.8 Å². The van der Waals surface area contributed by atoms with Crippen LogP contribution in [-0.4, -0.2) is 64.7 Å². The maximum atomic E-state index is 12.5. The normalized spacial score (nSPS) is 13.7. The molecule has 0 spiro atoms. The van der Waals surface area contributed by atoms with E-state index in [1.165, 1.54) is 0 Å². The minimum Gasteiger partial charge on any atom is -0.368 e. The van der Waals surface area contributed by atoms with Gasteiger partial charge in [0.25, 0.3) is 0 Å². The van der Waals surface area contributed by atoms with Gasteiger partial charge in [0, 0.05) is 43.1 Å². The minimum absolute atomic E-state index is 0.0447. The summed E-state index contributed by atoms with van der Waals surface area (Å²) < 4.78 is 0. The van der Waals surface area contributed by atoms with E-state index in [1.807, 2.05) is 37.3 Å². The highest BCUT2D eigenvalue weighted by atomic mass is 16.2. The zero-order chi connectivity index (χ0) is 21.6. The van der Waals surface area contributed by atoms with Crippen molar-refractivity contribution in [3.63, 3.8) is 0 Å². The third-order valence-electron chi connectivity index (χ3n) is 5.13. The van der Waals surface area contributed by atoms with Crippen LogP contribution in [0, 0.1) is 6.92 Å². The molecule has 0 saturated carbocycles. The van der Waals surface area contributed by atoms with Gasteiger partial charge in [-0.05, 0) is 31.2 Å².